The zero-order chi connectivity index (χ0) is 11.5. The molecule has 1 rings (SSSR count). The fraction of sp³-hybridized carbons (Fsp3) is 0.455. The molecule has 0 unspecified atom stereocenters. The number of carbonyl (C=O) groups is 1. The van der Waals surface area contributed by atoms with Crippen molar-refractivity contribution in [2.45, 2.75) is 32.8 Å². The molecule has 0 aliphatic carbocycles. The quantitative estimate of drug-likeness (QED) is 0.555. The summed E-state index contributed by atoms with van der Waals surface area (Å²) in [5.74, 6) is -1.07. The molecule has 0 bridgehead atoms. The summed E-state index contributed by atoms with van der Waals surface area (Å²) in [6.45, 7) is 5.31. The molecule has 0 N–H and O–H groups in total. The fourth-order valence-electron chi connectivity index (χ4n) is 1.08. The van der Waals surface area contributed by atoms with Gasteiger partial charge in [-0.05, 0) is 26.8 Å². The molecule has 0 aliphatic heterocycles. The lowest BCUT2D eigenvalue weighted by atomic mass is 10.1. The van der Waals surface area contributed by atoms with E-state index in [1.165, 1.54) is 12.3 Å². The van der Waals surface area contributed by atoms with Gasteiger partial charge < -0.3 is 4.74 Å². The summed E-state index contributed by atoms with van der Waals surface area (Å²) in [4.78, 5) is 14.8. The number of ether oxygens (including phenoxy) is 1. The minimum absolute atomic E-state index is 0.0864. The zero-order valence-corrected chi connectivity index (χ0v) is 9.08. The lowest BCUT2D eigenvalue weighted by molar-refractivity contribution is -0.154. The monoisotopic (exact) mass is 211 g/mol. The van der Waals surface area contributed by atoms with Gasteiger partial charge in [-0.25, -0.2) is 4.98 Å². The molecule has 3 nitrogen and oxygen atoms in total. The highest BCUT2D eigenvalue weighted by atomic mass is 19.1. The maximum absolute atomic E-state index is 13.1. The van der Waals surface area contributed by atoms with E-state index in [1.807, 2.05) is 0 Å². The molecule has 0 saturated carbocycles. The van der Waals surface area contributed by atoms with E-state index < -0.39 is 17.5 Å². The Morgan fingerprint density at radius 1 is 1.53 bits per heavy atom. The van der Waals surface area contributed by atoms with Crippen molar-refractivity contribution < 1.29 is 13.9 Å². The van der Waals surface area contributed by atoms with Crippen LogP contribution in [0.25, 0.3) is 0 Å². The van der Waals surface area contributed by atoms with Gasteiger partial charge in [-0.3, -0.25) is 4.79 Å². The van der Waals surface area contributed by atoms with E-state index in [1.54, 1.807) is 26.8 Å². The number of pyridine rings is 1. The average Bonchev–Trinajstić information content (AvgIpc) is 2.05. The number of esters is 1. The number of hydrogen-bond donors (Lipinski definition) is 0. The summed E-state index contributed by atoms with van der Waals surface area (Å²) in [5, 5.41) is 0. The van der Waals surface area contributed by atoms with Gasteiger partial charge in [-0.1, -0.05) is 6.07 Å². The molecule has 1 heterocycles. The number of rotatable bonds is 2. The third-order valence-electron chi connectivity index (χ3n) is 1.59. The minimum atomic E-state index is -0.622. The molecular formula is C11H14FNO2. The predicted molar refractivity (Wildman–Crippen MR) is 53.7 cm³/mol. The first kappa shape index (κ1) is 11.6. The molecule has 0 amide bonds. The average molecular weight is 211 g/mol. The topological polar surface area (TPSA) is 39.2 Å². The molecule has 0 fully saturated rings. The highest BCUT2D eigenvalue weighted by Crippen LogP contribution is 2.11. The van der Waals surface area contributed by atoms with Crippen molar-refractivity contribution in [3.63, 3.8) is 0 Å². The summed E-state index contributed by atoms with van der Waals surface area (Å²) in [7, 11) is 0. The van der Waals surface area contributed by atoms with Crippen LogP contribution in [0.5, 0.6) is 0 Å². The predicted octanol–water partition coefficient (Wildman–Crippen LogP) is 2.10. The van der Waals surface area contributed by atoms with E-state index in [-0.39, 0.29) is 12.0 Å². The van der Waals surface area contributed by atoms with Crippen LogP contribution in [0.3, 0.4) is 0 Å². The molecule has 0 spiro atoms. The van der Waals surface area contributed by atoms with E-state index in [2.05, 4.69) is 4.98 Å². The SMILES string of the molecule is CC(C)(C)OC(=O)Cc1cccnc1F. The summed E-state index contributed by atoms with van der Waals surface area (Å²) >= 11 is 0. The molecule has 0 radical (unpaired) electrons. The van der Waals surface area contributed by atoms with Crippen LogP contribution in [0.4, 0.5) is 4.39 Å². The van der Waals surface area contributed by atoms with Crippen molar-refractivity contribution in [1.82, 2.24) is 4.98 Å². The molecular weight excluding hydrogens is 197 g/mol. The summed E-state index contributed by atoms with van der Waals surface area (Å²) in [5.41, 5.74) is -0.290. The second-order valence-corrected chi connectivity index (χ2v) is 4.22. The smallest absolute Gasteiger partial charge is 0.310 e. The van der Waals surface area contributed by atoms with Gasteiger partial charge in [0.1, 0.15) is 5.60 Å². The molecule has 0 saturated heterocycles. The van der Waals surface area contributed by atoms with Crippen LogP contribution in [0.15, 0.2) is 18.3 Å². The molecule has 0 aromatic carbocycles. The molecule has 82 valence electrons. The van der Waals surface area contributed by atoms with E-state index in [0.29, 0.717) is 0 Å². The van der Waals surface area contributed by atoms with Gasteiger partial charge in [0.2, 0.25) is 5.95 Å². The summed E-state index contributed by atoms with van der Waals surface area (Å²) in [6.07, 6.45) is 1.25. The van der Waals surface area contributed by atoms with Crippen LogP contribution in [-0.4, -0.2) is 16.6 Å². The van der Waals surface area contributed by atoms with Crippen molar-refractivity contribution in [2.24, 2.45) is 0 Å². The van der Waals surface area contributed by atoms with Gasteiger partial charge >= 0.3 is 5.97 Å². The zero-order valence-electron chi connectivity index (χ0n) is 9.08. The van der Waals surface area contributed by atoms with Crippen LogP contribution in [-0.2, 0) is 16.0 Å². The largest absolute Gasteiger partial charge is 0.460 e. The lowest BCUT2D eigenvalue weighted by Crippen LogP contribution is -2.25. The van der Waals surface area contributed by atoms with Crippen LogP contribution < -0.4 is 0 Å². The summed E-state index contributed by atoms with van der Waals surface area (Å²) in [6, 6.07) is 3.11. The van der Waals surface area contributed by atoms with E-state index in [4.69, 9.17) is 4.74 Å². The second-order valence-electron chi connectivity index (χ2n) is 4.22. The van der Waals surface area contributed by atoms with Gasteiger partial charge in [0.15, 0.2) is 0 Å². The lowest BCUT2D eigenvalue weighted by Gasteiger charge is -2.19. The third kappa shape index (κ3) is 4.06. The van der Waals surface area contributed by atoms with E-state index in [9.17, 15) is 9.18 Å². The minimum Gasteiger partial charge on any atom is -0.460 e. The van der Waals surface area contributed by atoms with E-state index in [0.717, 1.165) is 0 Å². The molecule has 4 heteroatoms. The number of nitrogens with zero attached hydrogens (tertiary/aromatic N) is 1. The Balaban J connectivity index is 2.64. The van der Waals surface area contributed by atoms with Crippen LogP contribution in [0.2, 0.25) is 0 Å². The maximum Gasteiger partial charge on any atom is 0.310 e. The van der Waals surface area contributed by atoms with Gasteiger partial charge in [-0.15, -0.1) is 0 Å². The molecule has 1 aromatic rings. The number of carbonyl (C=O) groups excluding carboxylic acids is 1. The van der Waals surface area contributed by atoms with Crippen LogP contribution >= 0.6 is 0 Å². The Labute approximate surface area is 88.3 Å². The van der Waals surface area contributed by atoms with Gasteiger partial charge in [-0.2, -0.15) is 4.39 Å². The molecule has 1 aromatic heterocycles. The third-order valence-corrected chi connectivity index (χ3v) is 1.59. The summed E-state index contributed by atoms with van der Waals surface area (Å²) < 4.78 is 18.1. The molecule has 0 atom stereocenters. The highest BCUT2D eigenvalue weighted by molar-refractivity contribution is 5.72. The Hall–Kier alpha value is -1.45. The normalized spacial score (nSPS) is 11.2. The maximum atomic E-state index is 13.1. The Kier molecular flexibility index (Phi) is 3.39. The number of aromatic nitrogens is 1. The van der Waals surface area contributed by atoms with Crippen molar-refractivity contribution in [3.05, 3.63) is 29.8 Å². The van der Waals surface area contributed by atoms with Crippen LogP contribution in [0.1, 0.15) is 26.3 Å². The molecule has 15 heavy (non-hydrogen) atoms. The Bertz CT molecular complexity index is 358. The van der Waals surface area contributed by atoms with Crippen LogP contribution in [0, 0.1) is 5.95 Å². The Morgan fingerprint density at radius 3 is 2.73 bits per heavy atom. The number of hydrogen-bond acceptors (Lipinski definition) is 3. The highest BCUT2D eigenvalue weighted by Gasteiger charge is 2.17. The van der Waals surface area contributed by atoms with Crippen molar-refractivity contribution in [1.29, 1.82) is 0 Å². The van der Waals surface area contributed by atoms with E-state index >= 15 is 0 Å². The fourth-order valence-corrected chi connectivity index (χ4v) is 1.08. The second kappa shape index (κ2) is 4.38. The van der Waals surface area contributed by atoms with Crippen molar-refractivity contribution in [2.75, 3.05) is 0 Å². The standard InChI is InChI=1S/C11H14FNO2/c1-11(2,3)15-9(14)7-8-5-4-6-13-10(8)12/h4-6H,7H2,1-3H3. The molecule has 0 aliphatic rings. The Morgan fingerprint density at radius 2 is 2.20 bits per heavy atom. The first-order chi connectivity index (χ1) is 6.88. The van der Waals surface area contributed by atoms with Gasteiger partial charge in [0.05, 0.1) is 6.42 Å². The van der Waals surface area contributed by atoms with Crippen molar-refractivity contribution in [3.8, 4) is 0 Å². The first-order valence-corrected chi connectivity index (χ1v) is 4.70. The van der Waals surface area contributed by atoms with Gasteiger partial charge in [0, 0.05) is 11.8 Å². The number of halogens is 1. The van der Waals surface area contributed by atoms with Gasteiger partial charge in [0.25, 0.3) is 0 Å². The van der Waals surface area contributed by atoms with Crippen molar-refractivity contribution >= 4 is 5.97 Å². The first-order valence-electron chi connectivity index (χ1n) is 4.70.